The normalized spacial score (nSPS) is 16.5. The first-order chi connectivity index (χ1) is 13.9. The van der Waals surface area contributed by atoms with E-state index >= 15 is 0 Å². The van der Waals surface area contributed by atoms with Gasteiger partial charge in [0.1, 0.15) is 24.3 Å². The molecule has 1 saturated heterocycles. The fourth-order valence-electron chi connectivity index (χ4n) is 3.10. The van der Waals surface area contributed by atoms with E-state index in [9.17, 15) is 18.3 Å². The Labute approximate surface area is 166 Å². The van der Waals surface area contributed by atoms with Gasteiger partial charge < -0.3 is 14.6 Å². The first kappa shape index (κ1) is 19.5. The van der Waals surface area contributed by atoms with Crippen LogP contribution in [-0.2, 0) is 11.3 Å². The van der Waals surface area contributed by atoms with E-state index in [0.717, 1.165) is 0 Å². The van der Waals surface area contributed by atoms with E-state index in [-0.39, 0.29) is 23.8 Å². The van der Waals surface area contributed by atoms with E-state index < -0.39 is 23.6 Å². The Morgan fingerprint density at radius 1 is 1.03 bits per heavy atom. The van der Waals surface area contributed by atoms with Crippen molar-refractivity contribution in [3.8, 4) is 16.9 Å². The van der Waals surface area contributed by atoms with Crippen LogP contribution in [0.4, 0.5) is 13.2 Å². The standard InChI is InChI=1S/C23H19F3O3/c1-13(27)15-2-3-16(20(24)10-15)11-28-17-6-4-14(5-7-17)18-8-9-19(21-12-29-21)23(26)22(18)25/h2-10,13,21,27H,11-12H2,1H3. The maximum Gasteiger partial charge on any atom is 0.167 e. The van der Waals surface area contributed by atoms with Crippen LogP contribution < -0.4 is 4.74 Å². The van der Waals surface area contributed by atoms with E-state index in [0.29, 0.717) is 29.0 Å². The number of benzene rings is 3. The summed E-state index contributed by atoms with van der Waals surface area (Å²) in [5.41, 5.74) is 1.73. The van der Waals surface area contributed by atoms with Crippen molar-refractivity contribution < 1.29 is 27.8 Å². The first-order valence-electron chi connectivity index (χ1n) is 9.23. The highest BCUT2D eigenvalue weighted by molar-refractivity contribution is 5.65. The largest absolute Gasteiger partial charge is 0.489 e. The van der Waals surface area contributed by atoms with Crippen molar-refractivity contribution in [2.45, 2.75) is 25.7 Å². The highest BCUT2D eigenvalue weighted by Crippen LogP contribution is 2.36. The average molecular weight is 400 g/mol. The second-order valence-corrected chi connectivity index (χ2v) is 6.99. The van der Waals surface area contributed by atoms with Crippen LogP contribution in [0.5, 0.6) is 5.75 Å². The maximum absolute atomic E-state index is 14.4. The molecule has 3 aromatic rings. The van der Waals surface area contributed by atoms with Crippen molar-refractivity contribution in [1.29, 1.82) is 0 Å². The molecule has 1 aliphatic rings. The Bertz CT molecular complexity index is 1030. The van der Waals surface area contributed by atoms with Gasteiger partial charge in [0.2, 0.25) is 0 Å². The van der Waals surface area contributed by atoms with Crippen LogP contribution in [0.3, 0.4) is 0 Å². The SMILES string of the molecule is CC(O)c1ccc(COc2ccc(-c3ccc(C4CO4)c(F)c3F)cc2)c(F)c1. The topological polar surface area (TPSA) is 42.0 Å². The van der Waals surface area contributed by atoms with E-state index in [4.69, 9.17) is 9.47 Å². The second kappa shape index (κ2) is 7.89. The Kier molecular flexibility index (Phi) is 5.30. The third-order valence-corrected chi connectivity index (χ3v) is 4.91. The zero-order valence-electron chi connectivity index (χ0n) is 15.7. The molecule has 150 valence electrons. The molecule has 1 heterocycles. The summed E-state index contributed by atoms with van der Waals surface area (Å²) >= 11 is 0. The lowest BCUT2D eigenvalue weighted by Gasteiger charge is -2.11. The molecule has 4 rings (SSSR count). The summed E-state index contributed by atoms with van der Waals surface area (Å²) in [5.74, 6) is -1.79. The van der Waals surface area contributed by atoms with Gasteiger partial charge in [0.25, 0.3) is 0 Å². The van der Waals surface area contributed by atoms with Gasteiger partial charge in [-0.15, -0.1) is 0 Å². The van der Waals surface area contributed by atoms with Gasteiger partial charge in [-0.1, -0.05) is 36.4 Å². The van der Waals surface area contributed by atoms with Crippen LogP contribution in [0.25, 0.3) is 11.1 Å². The summed E-state index contributed by atoms with van der Waals surface area (Å²) in [5, 5.41) is 9.49. The lowest BCUT2D eigenvalue weighted by molar-refractivity contribution is 0.198. The number of hydrogen-bond donors (Lipinski definition) is 1. The first-order valence-corrected chi connectivity index (χ1v) is 9.23. The van der Waals surface area contributed by atoms with Gasteiger partial charge in [0.05, 0.1) is 12.7 Å². The minimum Gasteiger partial charge on any atom is -0.489 e. The van der Waals surface area contributed by atoms with E-state index in [1.807, 2.05) is 0 Å². The number of aliphatic hydroxyl groups excluding tert-OH is 1. The number of ether oxygens (including phenoxy) is 2. The molecular weight excluding hydrogens is 381 g/mol. The van der Waals surface area contributed by atoms with Crippen LogP contribution in [0.15, 0.2) is 54.6 Å². The third-order valence-electron chi connectivity index (χ3n) is 4.91. The van der Waals surface area contributed by atoms with Crippen molar-refractivity contribution in [2.24, 2.45) is 0 Å². The second-order valence-electron chi connectivity index (χ2n) is 6.99. The molecule has 29 heavy (non-hydrogen) atoms. The van der Waals surface area contributed by atoms with Gasteiger partial charge in [-0.2, -0.15) is 0 Å². The number of halogens is 3. The molecule has 0 spiro atoms. The van der Waals surface area contributed by atoms with Crippen LogP contribution in [-0.4, -0.2) is 11.7 Å². The monoisotopic (exact) mass is 400 g/mol. The van der Waals surface area contributed by atoms with Gasteiger partial charge >= 0.3 is 0 Å². The maximum atomic E-state index is 14.4. The van der Waals surface area contributed by atoms with Gasteiger partial charge in [-0.05, 0) is 36.2 Å². The predicted molar refractivity (Wildman–Crippen MR) is 102 cm³/mol. The molecule has 1 fully saturated rings. The number of hydrogen-bond acceptors (Lipinski definition) is 3. The molecule has 1 N–H and O–H groups in total. The quantitative estimate of drug-likeness (QED) is 0.558. The van der Waals surface area contributed by atoms with Crippen LogP contribution in [0.2, 0.25) is 0 Å². The highest BCUT2D eigenvalue weighted by atomic mass is 19.2. The Balaban J connectivity index is 1.47. The van der Waals surface area contributed by atoms with Crippen molar-refractivity contribution in [3.05, 3.63) is 88.7 Å². The summed E-state index contributed by atoms with van der Waals surface area (Å²) in [4.78, 5) is 0. The molecule has 0 bridgehead atoms. The van der Waals surface area contributed by atoms with E-state index in [1.165, 1.54) is 18.2 Å². The molecule has 0 amide bonds. The summed E-state index contributed by atoms with van der Waals surface area (Å²) in [6, 6.07) is 14.0. The van der Waals surface area contributed by atoms with Crippen molar-refractivity contribution in [3.63, 3.8) is 0 Å². The lowest BCUT2D eigenvalue weighted by Crippen LogP contribution is -2.01. The van der Waals surface area contributed by atoms with Crippen LogP contribution >= 0.6 is 0 Å². The van der Waals surface area contributed by atoms with Crippen molar-refractivity contribution in [2.75, 3.05) is 6.61 Å². The van der Waals surface area contributed by atoms with Gasteiger partial charge in [0.15, 0.2) is 11.6 Å². The molecule has 3 nitrogen and oxygen atoms in total. The number of aliphatic hydroxyl groups is 1. The van der Waals surface area contributed by atoms with Crippen LogP contribution in [0, 0.1) is 17.5 Å². The summed E-state index contributed by atoms with van der Waals surface area (Å²) in [7, 11) is 0. The number of epoxide rings is 1. The zero-order valence-corrected chi connectivity index (χ0v) is 15.7. The van der Waals surface area contributed by atoms with Crippen LogP contribution in [0.1, 0.15) is 35.8 Å². The minimum atomic E-state index is -0.910. The average Bonchev–Trinajstić information content (AvgIpc) is 3.54. The Hall–Kier alpha value is -2.83. The van der Waals surface area contributed by atoms with Crippen molar-refractivity contribution in [1.82, 2.24) is 0 Å². The zero-order chi connectivity index (χ0) is 20.5. The summed E-state index contributed by atoms with van der Waals surface area (Å²) < 4.78 is 53.3. The fourth-order valence-corrected chi connectivity index (χ4v) is 3.10. The highest BCUT2D eigenvalue weighted by Gasteiger charge is 2.30. The van der Waals surface area contributed by atoms with Gasteiger partial charge in [-0.3, -0.25) is 0 Å². The molecule has 0 saturated carbocycles. The summed E-state index contributed by atoms with van der Waals surface area (Å²) in [6.07, 6.45) is -1.10. The smallest absolute Gasteiger partial charge is 0.167 e. The van der Waals surface area contributed by atoms with E-state index in [1.54, 1.807) is 43.3 Å². The predicted octanol–water partition coefficient (Wildman–Crippen LogP) is 5.47. The Morgan fingerprint density at radius 3 is 2.38 bits per heavy atom. The van der Waals surface area contributed by atoms with Crippen molar-refractivity contribution >= 4 is 0 Å². The molecule has 6 heteroatoms. The fraction of sp³-hybridized carbons (Fsp3) is 0.217. The lowest BCUT2D eigenvalue weighted by atomic mass is 10.0. The third kappa shape index (κ3) is 4.13. The molecule has 2 unspecified atom stereocenters. The van der Waals surface area contributed by atoms with Gasteiger partial charge in [0, 0.05) is 16.7 Å². The molecule has 0 radical (unpaired) electrons. The molecule has 0 aliphatic carbocycles. The molecule has 2 atom stereocenters. The van der Waals surface area contributed by atoms with E-state index in [2.05, 4.69) is 0 Å². The Morgan fingerprint density at radius 2 is 1.76 bits per heavy atom. The molecule has 3 aromatic carbocycles. The minimum absolute atomic E-state index is 0.00431. The molecule has 1 aliphatic heterocycles. The molecular formula is C23H19F3O3. The summed E-state index contributed by atoms with van der Waals surface area (Å²) in [6.45, 7) is 1.98. The number of rotatable bonds is 6. The van der Waals surface area contributed by atoms with Gasteiger partial charge in [-0.25, -0.2) is 13.2 Å². The molecule has 0 aromatic heterocycles.